The Kier molecular flexibility index (Phi) is 4.75. The third-order valence-electron chi connectivity index (χ3n) is 5.11. The van der Waals surface area contributed by atoms with Gasteiger partial charge in [-0.15, -0.1) is 0 Å². The summed E-state index contributed by atoms with van der Waals surface area (Å²) in [5.41, 5.74) is 5.14. The molecule has 0 unspecified atom stereocenters. The van der Waals surface area contributed by atoms with Gasteiger partial charge in [0.15, 0.2) is 0 Å². The minimum Gasteiger partial charge on any atom is -0.364 e. The molecule has 0 spiro atoms. The van der Waals surface area contributed by atoms with Crippen molar-refractivity contribution in [1.29, 1.82) is 0 Å². The van der Waals surface area contributed by atoms with Crippen molar-refractivity contribution < 1.29 is 4.79 Å². The summed E-state index contributed by atoms with van der Waals surface area (Å²) in [5.74, 6) is 0.397. The van der Waals surface area contributed by atoms with Gasteiger partial charge in [0.2, 0.25) is 0 Å². The van der Waals surface area contributed by atoms with Gasteiger partial charge < -0.3 is 10.2 Å². The summed E-state index contributed by atoms with van der Waals surface area (Å²) >= 11 is 6.43. The number of nitrogens with zero attached hydrogens (tertiary/aromatic N) is 1. The van der Waals surface area contributed by atoms with Gasteiger partial charge in [0.1, 0.15) is 4.32 Å². The maximum Gasteiger partial charge on any atom is 0.263 e. The Morgan fingerprint density at radius 1 is 1.40 bits per heavy atom. The third kappa shape index (κ3) is 3.36. The quantitative estimate of drug-likeness (QED) is 0.584. The van der Waals surface area contributed by atoms with E-state index in [1.807, 2.05) is 6.08 Å². The number of benzene rings is 1. The van der Waals surface area contributed by atoms with Gasteiger partial charge in [-0.2, -0.15) is 0 Å². The van der Waals surface area contributed by atoms with Crippen molar-refractivity contribution in [2.75, 3.05) is 4.90 Å². The lowest BCUT2D eigenvalue weighted by atomic mass is 9.78. The normalized spacial score (nSPS) is 24.0. The molecule has 1 N–H and O–H groups in total. The van der Waals surface area contributed by atoms with Crippen LogP contribution < -0.4 is 10.2 Å². The lowest BCUT2D eigenvalue weighted by molar-refractivity contribution is -0.115. The zero-order chi connectivity index (χ0) is 18.5. The van der Waals surface area contributed by atoms with E-state index >= 15 is 0 Å². The van der Waals surface area contributed by atoms with Gasteiger partial charge in [-0.1, -0.05) is 30.9 Å². The van der Waals surface area contributed by atoms with Crippen LogP contribution in [0.25, 0.3) is 6.08 Å². The van der Waals surface area contributed by atoms with Crippen LogP contribution in [0.5, 0.6) is 0 Å². The smallest absolute Gasteiger partial charge is 0.263 e. The van der Waals surface area contributed by atoms with Gasteiger partial charge in [-0.25, -0.2) is 0 Å². The van der Waals surface area contributed by atoms with Crippen LogP contribution in [0.4, 0.5) is 5.69 Å². The number of thiocarbonyl (C=S) groups is 1. The highest BCUT2D eigenvalue weighted by molar-refractivity contribution is 8.26. The summed E-state index contributed by atoms with van der Waals surface area (Å²) in [4.78, 5) is 15.2. The second kappa shape index (κ2) is 6.44. The Hall–Kier alpha value is -1.33. The molecule has 5 heteroatoms. The van der Waals surface area contributed by atoms with E-state index in [4.69, 9.17) is 12.2 Å². The zero-order valence-electron chi connectivity index (χ0n) is 15.8. The maximum absolute atomic E-state index is 12.0. The number of amides is 1. The summed E-state index contributed by atoms with van der Waals surface area (Å²) in [6.45, 7) is 13.6. The fourth-order valence-corrected chi connectivity index (χ4v) is 5.34. The van der Waals surface area contributed by atoms with E-state index in [1.165, 1.54) is 28.6 Å². The van der Waals surface area contributed by atoms with E-state index < -0.39 is 0 Å². The molecule has 0 aromatic heterocycles. The Morgan fingerprint density at radius 3 is 2.64 bits per heavy atom. The molecule has 0 radical (unpaired) electrons. The summed E-state index contributed by atoms with van der Waals surface area (Å²) in [6.07, 6.45) is 3.09. The molecule has 1 aromatic rings. The van der Waals surface area contributed by atoms with Crippen LogP contribution in [0, 0.1) is 6.92 Å². The van der Waals surface area contributed by atoms with Crippen molar-refractivity contribution in [3.05, 3.63) is 33.7 Å². The SMILES string of the molecule is Cc1cc2c(cc1/C=C1/SC(=S)NC1=O)[C@H](C)CC(C)(C)N2C(C)C. The summed E-state index contributed by atoms with van der Waals surface area (Å²) in [7, 11) is 0. The van der Waals surface area contributed by atoms with Crippen molar-refractivity contribution in [2.45, 2.75) is 65.5 Å². The number of rotatable bonds is 2. The van der Waals surface area contributed by atoms with Crippen molar-refractivity contribution in [1.82, 2.24) is 5.32 Å². The van der Waals surface area contributed by atoms with E-state index in [9.17, 15) is 4.79 Å². The second-order valence-corrected chi connectivity index (χ2v) is 9.72. The lowest BCUT2D eigenvalue weighted by Crippen LogP contribution is -2.51. The fraction of sp³-hybridized carbons (Fsp3) is 0.500. The first kappa shape index (κ1) is 18.5. The molecule has 2 aliphatic rings. The molecule has 3 rings (SSSR count). The van der Waals surface area contributed by atoms with Crippen LogP contribution >= 0.6 is 24.0 Å². The molecule has 134 valence electrons. The lowest BCUT2D eigenvalue weighted by Gasteiger charge is -2.50. The largest absolute Gasteiger partial charge is 0.364 e. The van der Waals surface area contributed by atoms with E-state index in [1.54, 1.807) is 0 Å². The number of aryl methyl sites for hydroxylation is 1. The Balaban J connectivity index is 2.10. The molecule has 25 heavy (non-hydrogen) atoms. The van der Waals surface area contributed by atoms with Crippen molar-refractivity contribution in [2.24, 2.45) is 0 Å². The predicted molar refractivity (Wildman–Crippen MR) is 112 cm³/mol. The first-order chi connectivity index (χ1) is 11.6. The first-order valence-electron chi connectivity index (χ1n) is 8.79. The number of thioether (sulfide) groups is 1. The van der Waals surface area contributed by atoms with Gasteiger partial charge >= 0.3 is 0 Å². The highest BCUT2D eigenvalue weighted by Gasteiger charge is 2.38. The van der Waals surface area contributed by atoms with Gasteiger partial charge in [0.25, 0.3) is 5.91 Å². The first-order valence-corrected chi connectivity index (χ1v) is 10.0. The third-order valence-corrected chi connectivity index (χ3v) is 6.27. The zero-order valence-corrected chi connectivity index (χ0v) is 17.4. The maximum atomic E-state index is 12.0. The van der Waals surface area contributed by atoms with Crippen LogP contribution in [-0.2, 0) is 4.79 Å². The van der Waals surface area contributed by atoms with Crippen LogP contribution in [0.2, 0.25) is 0 Å². The predicted octanol–water partition coefficient (Wildman–Crippen LogP) is 4.98. The number of carbonyl (C=O) groups excluding carboxylic acids is 1. The average Bonchev–Trinajstić information content (AvgIpc) is 2.77. The monoisotopic (exact) mass is 374 g/mol. The van der Waals surface area contributed by atoms with Crippen molar-refractivity contribution in [3.63, 3.8) is 0 Å². The molecule has 1 saturated heterocycles. The van der Waals surface area contributed by atoms with Crippen LogP contribution in [0.3, 0.4) is 0 Å². The van der Waals surface area contributed by atoms with E-state index in [2.05, 4.69) is 63.9 Å². The van der Waals surface area contributed by atoms with E-state index in [0.717, 1.165) is 12.0 Å². The molecule has 1 atom stereocenters. The molecule has 0 bridgehead atoms. The molecular weight excluding hydrogens is 348 g/mol. The molecule has 3 nitrogen and oxygen atoms in total. The molecule has 0 aliphatic carbocycles. The van der Waals surface area contributed by atoms with Gasteiger partial charge in [-0.3, -0.25) is 4.79 Å². The van der Waals surface area contributed by atoms with Crippen LogP contribution in [0.1, 0.15) is 63.6 Å². The number of fused-ring (bicyclic) bond motifs is 1. The average molecular weight is 375 g/mol. The topological polar surface area (TPSA) is 32.3 Å². The Morgan fingerprint density at radius 2 is 2.08 bits per heavy atom. The fourth-order valence-electron chi connectivity index (χ4n) is 4.31. The Bertz CT molecular complexity index is 780. The number of hydrogen-bond donors (Lipinski definition) is 1. The molecule has 1 aromatic carbocycles. The molecule has 1 fully saturated rings. The number of carbonyl (C=O) groups is 1. The molecule has 0 saturated carbocycles. The minimum atomic E-state index is -0.0925. The molecule has 1 amide bonds. The highest BCUT2D eigenvalue weighted by atomic mass is 32.2. The minimum absolute atomic E-state index is 0.0925. The Labute approximate surface area is 160 Å². The van der Waals surface area contributed by atoms with E-state index in [0.29, 0.717) is 21.2 Å². The van der Waals surface area contributed by atoms with Crippen molar-refractivity contribution in [3.8, 4) is 0 Å². The number of anilines is 1. The van der Waals surface area contributed by atoms with E-state index in [-0.39, 0.29) is 11.4 Å². The van der Waals surface area contributed by atoms with Gasteiger partial charge in [-0.05, 0) is 81.9 Å². The van der Waals surface area contributed by atoms with Gasteiger partial charge in [0, 0.05) is 17.3 Å². The van der Waals surface area contributed by atoms with Gasteiger partial charge in [0.05, 0.1) is 4.91 Å². The summed E-state index contributed by atoms with van der Waals surface area (Å²) in [6, 6.07) is 5.00. The number of nitrogens with one attached hydrogen (secondary N) is 1. The highest BCUT2D eigenvalue weighted by Crippen LogP contribution is 2.45. The summed E-state index contributed by atoms with van der Waals surface area (Å²) in [5, 5.41) is 2.69. The van der Waals surface area contributed by atoms with Crippen LogP contribution in [0.15, 0.2) is 17.0 Å². The summed E-state index contributed by atoms with van der Waals surface area (Å²) < 4.78 is 0.535. The second-order valence-electron chi connectivity index (χ2n) is 8.00. The molecule has 2 heterocycles. The van der Waals surface area contributed by atoms with Crippen LogP contribution in [-0.4, -0.2) is 21.8 Å². The standard InChI is InChI=1S/C20H26N2OS2/c1-11(2)22-16-7-12(3)14(9-17-18(23)21-19(24)25-17)8-15(16)13(4)10-20(22,5)6/h7-9,11,13H,10H2,1-6H3,(H,21,23,24)/b17-9+/t13-/m1/s1. The molecular formula is C20H26N2OS2. The number of hydrogen-bond acceptors (Lipinski definition) is 4. The molecule has 2 aliphatic heterocycles. The van der Waals surface area contributed by atoms with Crippen molar-refractivity contribution >= 4 is 46.0 Å².